The van der Waals surface area contributed by atoms with Crippen LogP contribution >= 0.6 is 23.1 Å². The smallest absolute Gasteiger partial charge is 0.336 e. The minimum atomic E-state index is -0.677. The number of carbonyl (C=O) groups is 2. The normalized spacial score (nSPS) is 10.8. The maximum atomic E-state index is 12.2. The van der Waals surface area contributed by atoms with Crippen LogP contribution in [0.1, 0.15) is 24.7 Å². The van der Waals surface area contributed by atoms with Gasteiger partial charge in [0.1, 0.15) is 12.0 Å². The van der Waals surface area contributed by atoms with E-state index in [-0.39, 0.29) is 11.7 Å². The van der Waals surface area contributed by atoms with Crippen LogP contribution in [0, 0.1) is 0 Å². The minimum Gasteiger partial charge on any atom is -0.464 e. The predicted molar refractivity (Wildman–Crippen MR) is 114 cm³/mol. The van der Waals surface area contributed by atoms with Gasteiger partial charge in [0.25, 0.3) is 0 Å². The van der Waals surface area contributed by atoms with E-state index in [1.807, 2.05) is 30.3 Å². The van der Waals surface area contributed by atoms with Crippen molar-refractivity contribution >= 4 is 46.2 Å². The first-order valence-corrected chi connectivity index (χ1v) is 10.7. The molecule has 0 saturated carbocycles. The highest BCUT2D eigenvalue weighted by molar-refractivity contribution is 8.00. The van der Waals surface area contributed by atoms with Gasteiger partial charge in [-0.3, -0.25) is 9.59 Å². The molecule has 8 nitrogen and oxygen atoms in total. The average Bonchev–Trinajstić information content (AvgIpc) is 3.20. The zero-order valence-electron chi connectivity index (χ0n) is 15.9. The second-order valence-electron chi connectivity index (χ2n) is 5.80. The van der Waals surface area contributed by atoms with Crippen molar-refractivity contribution in [3.8, 4) is 5.75 Å². The summed E-state index contributed by atoms with van der Waals surface area (Å²) in [5.41, 5.74) is 0.370. The molecule has 2 aromatic heterocycles. The lowest BCUT2D eigenvalue weighted by Gasteiger charge is -2.02. The van der Waals surface area contributed by atoms with Crippen LogP contribution in [-0.2, 0) is 15.3 Å². The topological polar surface area (TPSA) is 111 Å². The Labute approximate surface area is 180 Å². The second-order valence-corrected chi connectivity index (χ2v) is 8.00. The molecule has 1 N–H and O–H groups in total. The van der Waals surface area contributed by atoms with Crippen LogP contribution < -0.4 is 15.5 Å². The van der Waals surface area contributed by atoms with Gasteiger partial charge in [0.15, 0.2) is 4.34 Å². The molecule has 3 rings (SSSR count). The van der Waals surface area contributed by atoms with E-state index in [9.17, 15) is 14.4 Å². The highest BCUT2D eigenvalue weighted by Gasteiger charge is 2.11. The Morgan fingerprint density at radius 2 is 2.07 bits per heavy atom. The molecule has 10 heteroatoms. The molecule has 154 valence electrons. The van der Waals surface area contributed by atoms with Crippen molar-refractivity contribution in [2.45, 2.75) is 23.4 Å². The van der Waals surface area contributed by atoms with Gasteiger partial charge in [-0.1, -0.05) is 60.4 Å². The lowest BCUT2D eigenvalue weighted by Crippen LogP contribution is -2.12. The molecule has 30 heavy (non-hydrogen) atoms. The Morgan fingerprint density at radius 1 is 1.27 bits per heavy atom. The lowest BCUT2D eigenvalue weighted by atomic mass is 10.2. The number of nitrogens with one attached hydrogen (secondary N) is 1. The quantitative estimate of drug-likeness (QED) is 0.242. The highest BCUT2D eigenvalue weighted by Crippen LogP contribution is 2.28. The molecule has 0 aliphatic rings. The number of hydrogen-bond donors (Lipinski definition) is 1. The Kier molecular flexibility index (Phi) is 7.52. The predicted octanol–water partition coefficient (Wildman–Crippen LogP) is 3.75. The molecule has 2 heterocycles. The Hall–Kier alpha value is -3.24. The third kappa shape index (κ3) is 6.39. The fraction of sp³-hybridized carbons (Fsp3) is 0.150. The van der Waals surface area contributed by atoms with Crippen molar-refractivity contribution in [1.82, 2.24) is 10.2 Å². The fourth-order valence-corrected chi connectivity index (χ4v) is 3.78. The van der Waals surface area contributed by atoms with Crippen molar-refractivity contribution in [3.63, 3.8) is 0 Å². The Balaban J connectivity index is 1.55. The monoisotopic (exact) mass is 443 g/mol. The molecular weight excluding hydrogens is 426 g/mol. The molecule has 0 aliphatic carbocycles. The number of anilines is 1. The summed E-state index contributed by atoms with van der Waals surface area (Å²) < 4.78 is 11.0. The van der Waals surface area contributed by atoms with E-state index in [0.717, 1.165) is 11.8 Å². The van der Waals surface area contributed by atoms with Gasteiger partial charge in [0.2, 0.25) is 22.2 Å². The van der Waals surface area contributed by atoms with Gasteiger partial charge in [0.05, 0.1) is 5.75 Å². The van der Waals surface area contributed by atoms with E-state index in [2.05, 4.69) is 15.5 Å². The summed E-state index contributed by atoms with van der Waals surface area (Å²) in [6.07, 6.45) is 4.29. The van der Waals surface area contributed by atoms with Crippen LogP contribution in [0.2, 0.25) is 0 Å². The van der Waals surface area contributed by atoms with Gasteiger partial charge in [-0.2, -0.15) is 0 Å². The molecule has 0 fully saturated rings. The number of aromatic nitrogens is 2. The third-order valence-electron chi connectivity index (χ3n) is 3.59. The summed E-state index contributed by atoms with van der Waals surface area (Å²) in [7, 11) is 0. The number of carbonyl (C=O) groups excluding carboxylic acids is 2. The minimum absolute atomic E-state index is 0.141. The number of benzene rings is 1. The van der Waals surface area contributed by atoms with Crippen molar-refractivity contribution < 1.29 is 18.7 Å². The first kappa shape index (κ1) is 21.5. The molecule has 1 amide bonds. The number of amides is 1. The van der Waals surface area contributed by atoms with Crippen molar-refractivity contribution in [1.29, 1.82) is 0 Å². The van der Waals surface area contributed by atoms with Gasteiger partial charge in [-0.05, 0) is 11.6 Å². The number of nitrogens with zero attached hydrogens (tertiary/aromatic N) is 2. The van der Waals surface area contributed by atoms with Gasteiger partial charge in [0, 0.05) is 18.6 Å². The van der Waals surface area contributed by atoms with Crippen LogP contribution in [0.25, 0.3) is 6.08 Å². The number of rotatable bonds is 8. The van der Waals surface area contributed by atoms with Crippen LogP contribution in [0.5, 0.6) is 5.75 Å². The molecule has 0 atom stereocenters. The van der Waals surface area contributed by atoms with E-state index in [0.29, 0.717) is 27.4 Å². The molecule has 3 aromatic rings. The number of hydrogen-bond acceptors (Lipinski definition) is 9. The Bertz CT molecular complexity index is 1110. The SMILES string of the molecule is CCC(=O)Nc1nnc(SCc2cc(=O)c(OC(=O)C=Cc3ccccc3)co2)s1. The number of esters is 1. The van der Waals surface area contributed by atoms with Crippen LogP contribution in [-0.4, -0.2) is 22.1 Å². The van der Waals surface area contributed by atoms with Gasteiger partial charge < -0.3 is 14.5 Å². The zero-order chi connectivity index (χ0) is 21.3. The fourth-order valence-electron chi connectivity index (χ4n) is 2.12. The van der Waals surface area contributed by atoms with Crippen LogP contribution in [0.15, 0.2) is 62.3 Å². The summed E-state index contributed by atoms with van der Waals surface area (Å²) in [6, 6.07) is 10.5. The van der Waals surface area contributed by atoms with E-state index in [1.165, 1.54) is 35.2 Å². The zero-order valence-corrected chi connectivity index (χ0v) is 17.5. The molecule has 0 unspecified atom stereocenters. The molecular formula is C20H17N3O5S2. The van der Waals surface area contributed by atoms with Gasteiger partial charge >= 0.3 is 5.97 Å². The maximum absolute atomic E-state index is 12.2. The van der Waals surface area contributed by atoms with E-state index in [1.54, 1.807) is 13.0 Å². The first-order valence-electron chi connectivity index (χ1n) is 8.86. The number of ether oxygens (including phenoxy) is 1. The molecule has 0 aliphatic heterocycles. The van der Waals surface area contributed by atoms with Crippen LogP contribution in [0.4, 0.5) is 5.13 Å². The largest absolute Gasteiger partial charge is 0.464 e. The molecule has 0 bridgehead atoms. The summed E-state index contributed by atoms with van der Waals surface area (Å²) in [4.78, 5) is 35.4. The maximum Gasteiger partial charge on any atom is 0.336 e. The lowest BCUT2D eigenvalue weighted by molar-refractivity contribution is -0.129. The standard InChI is InChI=1S/C20H17N3O5S2/c1-2-17(25)21-19-22-23-20(30-19)29-12-14-10-15(24)16(11-27-14)28-18(26)9-8-13-6-4-3-5-7-13/h3-11H,2,12H2,1H3,(H,21,22,25). The van der Waals surface area contributed by atoms with E-state index >= 15 is 0 Å². The number of thioether (sulfide) groups is 1. The molecule has 0 spiro atoms. The van der Waals surface area contributed by atoms with Crippen molar-refractivity contribution in [2.24, 2.45) is 0 Å². The van der Waals surface area contributed by atoms with Crippen LogP contribution in [0.3, 0.4) is 0 Å². The third-order valence-corrected chi connectivity index (χ3v) is 5.58. The molecule has 1 aromatic carbocycles. The van der Waals surface area contributed by atoms with Crippen molar-refractivity contribution in [3.05, 3.63) is 70.3 Å². The molecule has 0 radical (unpaired) electrons. The summed E-state index contributed by atoms with van der Waals surface area (Å²) in [6.45, 7) is 1.74. The van der Waals surface area contributed by atoms with Gasteiger partial charge in [-0.25, -0.2) is 4.79 Å². The molecule has 0 saturated heterocycles. The highest BCUT2D eigenvalue weighted by atomic mass is 32.2. The average molecular weight is 444 g/mol. The van der Waals surface area contributed by atoms with E-state index < -0.39 is 11.4 Å². The Morgan fingerprint density at radius 3 is 2.80 bits per heavy atom. The van der Waals surface area contributed by atoms with Crippen molar-refractivity contribution in [2.75, 3.05) is 5.32 Å². The first-order chi connectivity index (χ1) is 14.5. The summed E-state index contributed by atoms with van der Waals surface area (Å²) in [5, 5.41) is 10.9. The summed E-state index contributed by atoms with van der Waals surface area (Å²) >= 11 is 2.53. The van der Waals surface area contributed by atoms with Gasteiger partial charge in [-0.15, -0.1) is 10.2 Å². The summed E-state index contributed by atoms with van der Waals surface area (Å²) in [5.74, 6) is -0.291. The van der Waals surface area contributed by atoms with E-state index in [4.69, 9.17) is 9.15 Å². The second kappa shape index (κ2) is 10.5.